The van der Waals surface area contributed by atoms with E-state index in [1.807, 2.05) is 0 Å². The second kappa shape index (κ2) is 4.19. The highest BCUT2D eigenvalue weighted by atomic mass is 35.5. The quantitative estimate of drug-likeness (QED) is 0.759. The van der Waals surface area contributed by atoms with Crippen molar-refractivity contribution in [2.24, 2.45) is 0 Å². The average Bonchev–Trinajstić information content (AvgIpc) is 2.10. The first kappa shape index (κ1) is 10.7. The molecular formula is C9H6ClF2NO. The van der Waals surface area contributed by atoms with E-state index in [0.29, 0.717) is 6.07 Å². The molecule has 0 heterocycles. The minimum atomic E-state index is -0.926. The van der Waals surface area contributed by atoms with Gasteiger partial charge >= 0.3 is 0 Å². The first-order chi connectivity index (χ1) is 6.54. The number of hydrogen-bond donors (Lipinski definition) is 1. The van der Waals surface area contributed by atoms with Crippen LogP contribution in [-0.4, -0.2) is 5.91 Å². The van der Waals surface area contributed by atoms with Crippen LogP contribution < -0.4 is 5.32 Å². The summed E-state index contributed by atoms with van der Waals surface area (Å²) in [4.78, 5) is 10.8. The van der Waals surface area contributed by atoms with Crippen LogP contribution in [0, 0.1) is 11.6 Å². The van der Waals surface area contributed by atoms with Crippen molar-refractivity contribution in [1.29, 1.82) is 0 Å². The second-order valence-electron chi connectivity index (χ2n) is 2.44. The van der Waals surface area contributed by atoms with Crippen molar-refractivity contribution in [2.45, 2.75) is 0 Å². The predicted molar refractivity (Wildman–Crippen MR) is 50.2 cm³/mol. The summed E-state index contributed by atoms with van der Waals surface area (Å²) >= 11 is 5.51. The lowest BCUT2D eigenvalue weighted by molar-refractivity contribution is -0.111. The Bertz CT molecular complexity index is 369. The predicted octanol–water partition coefficient (Wildman–Crippen LogP) is 2.74. The normalized spacial score (nSPS) is 9.64. The highest BCUT2D eigenvalue weighted by molar-refractivity contribution is 6.33. The molecule has 0 aliphatic heterocycles. The van der Waals surface area contributed by atoms with Gasteiger partial charge in [0.1, 0.15) is 5.82 Å². The van der Waals surface area contributed by atoms with Gasteiger partial charge in [-0.25, -0.2) is 8.78 Å². The fraction of sp³-hybridized carbons (Fsp3) is 0. The molecule has 0 aliphatic rings. The molecule has 0 aliphatic carbocycles. The van der Waals surface area contributed by atoms with E-state index in [0.717, 1.165) is 12.1 Å². The lowest BCUT2D eigenvalue weighted by atomic mass is 10.3. The molecule has 0 saturated carbocycles. The molecule has 2 nitrogen and oxygen atoms in total. The molecule has 0 radical (unpaired) electrons. The average molecular weight is 218 g/mol. The van der Waals surface area contributed by atoms with E-state index < -0.39 is 17.5 Å². The number of amides is 1. The number of nitrogens with one attached hydrogen (secondary N) is 1. The van der Waals surface area contributed by atoms with Gasteiger partial charge in [0, 0.05) is 6.07 Å². The molecule has 0 aromatic heterocycles. The lowest BCUT2D eigenvalue weighted by Crippen LogP contribution is -2.09. The minimum absolute atomic E-state index is 0.197. The van der Waals surface area contributed by atoms with Gasteiger partial charge in [0.25, 0.3) is 0 Å². The standard InChI is InChI=1S/C9H6ClF2NO/c1-2-8(14)13-9-6(10)3-5(11)4-7(9)12/h2-4H,1H2,(H,13,14). The number of halogens is 3. The van der Waals surface area contributed by atoms with Crippen molar-refractivity contribution in [3.05, 3.63) is 41.4 Å². The first-order valence-corrected chi connectivity index (χ1v) is 4.00. The monoisotopic (exact) mass is 217 g/mol. The molecule has 1 amide bonds. The molecule has 0 bridgehead atoms. The van der Waals surface area contributed by atoms with Gasteiger partial charge in [-0.3, -0.25) is 4.79 Å². The molecule has 1 aromatic rings. The van der Waals surface area contributed by atoms with Crippen molar-refractivity contribution >= 4 is 23.2 Å². The number of benzene rings is 1. The number of carbonyl (C=O) groups excluding carboxylic acids is 1. The van der Waals surface area contributed by atoms with Gasteiger partial charge < -0.3 is 5.32 Å². The zero-order chi connectivity index (χ0) is 10.7. The molecular weight excluding hydrogens is 212 g/mol. The van der Waals surface area contributed by atoms with E-state index in [-0.39, 0.29) is 10.7 Å². The maximum Gasteiger partial charge on any atom is 0.247 e. The topological polar surface area (TPSA) is 29.1 Å². The largest absolute Gasteiger partial charge is 0.319 e. The second-order valence-corrected chi connectivity index (χ2v) is 2.85. The number of rotatable bonds is 2. The van der Waals surface area contributed by atoms with Crippen molar-refractivity contribution in [2.75, 3.05) is 5.32 Å². The van der Waals surface area contributed by atoms with Crippen LogP contribution in [0.15, 0.2) is 24.8 Å². The van der Waals surface area contributed by atoms with Gasteiger partial charge in [-0.2, -0.15) is 0 Å². The molecule has 0 spiro atoms. The van der Waals surface area contributed by atoms with E-state index in [1.165, 1.54) is 0 Å². The Morgan fingerprint density at radius 1 is 1.50 bits per heavy atom. The number of anilines is 1. The third-order valence-electron chi connectivity index (χ3n) is 1.44. The molecule has 1 rings (SSSR count). The van der Waals surface area contributed by atoms with Crippen molar-refractivity contribution < 1.29 is 13.6 Å². The fourth-order valence-corrected chi connectivity index (χ4v) is 1.08. The summed E-state index contributed by atoms with van der Waals surface area (Å²) in [6.45, 7) is 3.18. The Morgan fingerprint density at radius 3 is 2.64 bits per heavy atom. The van der Waals surface area contributed by atoms with Crippen LogP contribution in [0.4, 0.5) is 14.5 Å². The molecule has 0 fully saturated rings. The molecule has 1 N–H and O–H groups in total. The van der Waals surface area contributed by atoms with Crippen LogP contribution >= 0.6 is 11.6 Å². The van der Waals surface area contributed by atoms with Crippen LogP contribution in [0.2, 0.25) is 5.02 Å². The van der Waals surface area contributed by atoms with Gasteiger partial charge in [0.05, 0.1) is 10.7 Å². The van der Waals surface area contributed by atoms with Gasteiger partial charge in [0.15, 0.2) is 5.82 Å². The third-order valence-corrected chi connectivity index (χ3v) is 1.74. The minimum Gasteiger partial charge on any atom is -0.319 e. The highest BCUT2D eigenvalue weighted by Gasteiger charge is 2.11. The maximum absolute atomic E-state index is 13.0. The van der Waals surface area contributed by atoms with Gasteiger partial charge in [0.2, 0.25) is 5.91 Å². The van der Waals surface area contributed by atoms with Crippen LogP contribution in [0.3, 0.4) is 0 Å². The van der Waals surface area contributed by atoms with Crippen molar-refractivity contribution in [3.8, 4) is 0 Å². The van der Waals surface area contributed by atoms with E-state index in [1.54, 1.807) is 0 Å². The summed E-state index contributed by atoms with van der Waals surface area (Å²) < 4.78 is 25.6. The zero-order valence-electron chi connectivity index (χ0n) is 6.98. The Balaban J connectivity index is 3.08. The van der Waals surface area contributed by atoms with Gasteiger partial charge in [-0.05, 0) is 12.1 Å². The van der Waals surface area contributed by atoms with Crippen LogP contribution in [0.25, 0.3) is 0 Å². The summed E-state index contributed by atoms with van der Waals surface area (Å²) in [5.41, 5.74) is -0.252. The van der Waals surface area contributed by atoms with Crippen molar-refractivity contribution in [1.82, 2.24) is 0 Å². The summed E-state index contributed by atoms with van der Waals surface area (Å²) in [7, 11) is 0. The smallest absolute Gasteiger partial charge is 0.247 e. The highest BCUT2D eigenvalue weighted by Crippen LogP contribution is 2.26. The van der Waals surface area contributed by atoms with Crippen LogP contribution in [-0.2, 0) is 4.79 Å². The molecule has 14 heavy (non-hydrogen) atoms. The molecule has 74 valence electrons. The summed E-state index contributed by atoms with van der Waals surface area (Å²) in [5, 5.41) is 1.93. The maximum atomic E-state index is 13.0. The fourth-order valence-electron chi connectivity index (χ4n) is 0.836. The summed E-state index contributed by atoms with van der Waals surface area (Å²) in [6.07, 6.45) is 0.957. The van der Waals surface area contributed by atoms with E-state index in [4.69, 9.17) is 11.6 Å². The Labute approximate surface area is 84.2 Å². The molecule has 5 heteroatoms. The third kappa shape index (κ3) is 2.29. The lowest BCUT2D eigenvalue weighted by Gasteiger charge is -2.05. The Morgan fingerprint density at radius 2 is 2.14 bits per heavy atom. The Hall–Kier alpha value is -1.42. The van der Waals surface area contributed by atoms with Crippen LogP contribution in [0.5, 0.6) is 0 Å². The number of carbonyl (C=O) groups is 1. The van der Waals surface area contributed by atoms with E-state index >= 15 is 0 Å². The summed E-state index contributed by atoms with van der Waals surface area (Å²) in [6, 6.07) is 1.54. The van der Waals surface area contributed by atoms with Crippen molar-refractivity contribution in [3.63, 3.8) is 0 Å². The molecule has 0 saturated heterocycles. The van der Waals surface area contributed by atoms with E-state index in [9.17, 15) is 13.6 Å². The number of hydrogen-bond acceptors (Lipinski definition) is 1. The van der Waals surface area contributed by atoms with Gasteiger partial charge in [-0.15, -0.1) is 0 Å². The van der Waals surface area contributed by atoms with Gasteiger partial charge in [-0.1, -0.05) is 18.2 Å². The summed E-state index contributed by atoms with van der Waals surface area (Å²) in [5.74, 6) is -2.34. The zero-order valence-corrected chi connectivity index (χ0v) is 7.74. The molecule has 0 atom stereocenters. The Kier molecular flexibility index (Phi) is 3.19. The molecule has 1 aromatic carbocycles. The van der Waals surface area contributed by atoms with E-state index in [2.05, 4.69) is 11.9 Å². The van der Waals surface area contributed by atoms with Crippen LogP contribution in [0.1, 0.15) is 0 Å². The SMILES string of the molecule is C=CC(=O)Nc1c(F)cc(F)cc1Cl. The first-order valence-electron chi connectivity index (χ1n) is 3.62. The molecule has 0 unspecified atom stereocenters.